The summed E-state index contributed by atoms with van der Waals surface area (Å²) in [6, 6.07) is 5.59. The Morgan fingerprint density at radius 3 is 2.82 bits per heavy atom. The van der Waals surface area contributed by atoms with Crippen molar-refractivity contribution in [1.29, 1.82) is 0 Å². The number of benzene rings is 1. The van der Waals surface area contributed by atoms with Gasteiger partial charge in [-0.3, -0.25) is 4.79 Å². The van der Waals surface area contributed by atoms with Crippen LogP contribution in [0.2, 0.25) is 5.02 Å². The van der Waals surface area contributed by atoms with Crippen LogP contribution in [0.3, 0.4) is 0 Å². The van der Waals surface area contributed by atoms with Gasteiger partial charge in [-0.05, 0) is 24.7 Å². The highest BCUT2D eigenvalue weighted by Crippen LogP contribution is 2.20. The lowest BCUT2D eigenvalue weighted by Gasteiger charge is -2.16. The third-order valence-corrected chi connectivity index (χ3v) is 2.86. The molecule has 0 aliphatic carbocycles. The van der Waals surface area contributed by atoms with Gasteiger partial charge in [0.05, 0.1) is 10.7 Å². The molecule has 0 radical (unpaired) electrons. The van der Waals surface area contributed by atoms with E-state index < -0.39 is 0 Å². The van der Waals surface area contributed by atoms with Crippen molar-refractivity contribution in [3.63, 3.8) is 0 Å². The first kappa shape index (κ1) is 13.8. The van der Waals surface area contributed by atoms with Crippen LogP contribution < -0.4 is 11.1 Å². The summed E-state index contributed by atoms with van der Waals surface area (Å²) >= 11 is 5.85. The van der Waals surface area contributed by atoms with E-state index in [1.807, 2.05) is 19.2 Å². The zero-order valence-electron chi connectivity index (χ0n) is 10.2. The molecule has 3 N–H and O–H groups in total. The molecule has 0 heterocycles. The number of amides is 1. The topological polar surface area (TPSA) is 58.4 Å². The molecule has 0 bridgehead atoms. The van der Waals surface area contributed by atoms with Crippen molar-refractivity contribution in [1.82, 2.24) is 10.2 Å². The van der Waals surface area contributed by atoms with E-state index in [4.69, 9.17) is 17.3 Å². The molecule has 0 spiro atoms. The Hall–Kier alpha value is -1.26. The molecule has 4 nitrogen and oxygen atoms in total. The molecular weight excluding hydrogens is 238 g/mol. The molecular formula is C12H18ClN3O. The average molecular weight is 256 g/mol. The summed E-state index contributed by atoms with van der Waals surface area (Å²) in [7, 11) is 3.61. The second-order valence-corrected chi connectivity index (χ2v) is 4.42. The summed E-state index contributed by atoms with van der Waals surface area (Å²) in [5, 5.41) is 3.17. The van der Waals surface area contributed by atoms with Gasteiger partial charge >= 0.3 is 0 Å². The first-order chi connectivity index (χ1) is 8.02. The number of nitrogens with two attached hydrogens (primary N) is 1. The summed E-state index contributed by atoms with van der Waals surface area (Å²) in [6.07, 6.45) is 0.496. The molecule has 5 heteroatoms. The van der Waals surface area contributed by atoms with Crippen molar-refractivity contribution in [3.05, 3.63) is 28.8 Å². The Morgan fingerprint density at radius 1 is 1.53 bits per heavy atom. The Labute approximate surface area is 107 Å². The zero-order valence-corrected chi connectivity index (χ0v) is 10.9. The van der Waals surface area contributed by atoms with Crippen molar-refractivity contribution >= 4 is 23.2 Å². The molecule has 0 saturated carbocycles. The molecule has 1 aromatic rings. The third kappa shape index (κ3) is 4.63. The average Bonchev–Trinajstić information content (AvgIpc) is 2.31. The number of nitrogen functional groups attached to an aromatic ring is 1. The van der Waals surface area contributed by atoms with Gasteiger partial charge in [0.2, 0.25) is 5.91 Å². The fourth-order valence-corrected chi connectivity index (χ4v) is 1.62. The number of carbonyl (C=O) groups excluding carboxylic acids is 1. The standard InChI is InChI=1S/C12H18ClN3O/c1-15-12(17)5-6-16(2)8-9-3-4-10(13)11(14)7-9/h3-4,7H,5-6,8,14H2,1-2H3,(H,15,17). The minimum atomic E-state index is 0.0486. The molecule has 17 heavy (non-hydrogen) atoms. The van der Waals surface area contributed by atoms with Gasteiger partial charge in [-0.15, -0.1) is 0 Å². The second kappa shape index (κ2) is 6.47. The fourth-order valence-electron chi connectivity index (χ4n) is 1.50. The van der Waals surface area contributed by atoms with Crippen LogP contribution >= 0.6 is 11.6 Å². The van der Waals surface area contributed by atoms with Crippen LogP contribution in [-0.4, -0.2) is 31.4 Å². The highest BCUT2D eigenvalue weighted by Gasteiger charge is 2.05. The minimum absolute atomic E-state index is 0.0486. The normalized spacial score (nSPS) is 10.6. The number of nitrogens with one attached hydrogen (secondary N) is 1. The maximum atomic E-state index is 11.1. The SMILES string of the molecule is CNC(=O)CCN(C)Cc1ccc(Cl)c(N)c1. The molecule has 0 fully saturated rings. The van der Waals surface area contributed by atoms with Crippen LogP contribution in [0.25, 0.3) is 0 Å². The molecule has 0 saturated heterocycles. The highest BCUT2D eigenvalue weighted by atomic mass is 35.5. The summed E-state index contributed by atoms with van der Waals surface area (Å²) in [4.78, 5) is 13.2. The Morgan fingerprint density at radius 2 is 2.24 bits per heavy atom. The van der Waals surface area contributed by atoms with E-state index in [9.17, 15) is 4.79 Å². The number of anilines is 1. The summed E-state index contributed by atoms with van der Waals surface area (Å²) in [6.45, 7) is 1.46. The summed E-state index contributed by atoms with van der Waals surface area (Å²) in [5.74, 6) is 0.0486. The van der Waals surface area contributed by atoms with Crippen molar-refractivity contribution < 1.29 is 4.79 Å². The number of hydrogen-bond acceptors (Lipinski definition) is 3. The largest absolute Gasteiger partial charge is 0.398 e. The first-order valence-corrected chi connectivity index (χ1v) is 5.83. The lowest BCUT2D eigenvalue weighted by molar-refractivity contribution is -0.120. The van der Waals surface area contributed by atoms with Crippen molar-refractivity contribution in [2.75, 3.05) is 26.4 Å². The fraction of sp³-hybridized carbons (Fsp3) is 0.417. The van der Waals surface area contributed by atoms with E-state index in [1.165, 1.54) is 0 Å². The minimum Gasteiger partial charge on any atom is -0.398 e. The Kier molecular flexibility index (Phi) is 5.25. The molecule has 0 aliphatic heterocycles. The number of rotatable bonds is 5. The van der Waals surface area contributed by atoms with Crippen molar-refractivity contribution in [2.24, 2.45) is 0 Å². The third-order valence-electron chi connectivity index (χ3n) is 2.51. The van der Waals surface area contributed by atoms with Crippen molar-refractivity contribution in [2.45, 2.75) is 13.0 Å². The maximum Gasteiger partial charge on any atom is 0.221 e. The van der Waals surface area contributed by atoms with E-state index in [-0.39, 0.29) is 5.91 Å². The van der Waals surface area contributed by atoms with E-state index in [0.717, 1.165) is 12.1 Å². The van der Waals surface area contributed by atoms with Crippen LogP contribution in [0.4, 0.5) is 5.69 Å². The van der Waals surface area contributed by atoms with Gasteiger partial charge in [0.25, 0.3) is 0 Å². The van der Waals surface area contributed by atoms with Gasteiger partial charge < -0.3 is 16.0 Å². The zero-order chi connectivity index (χ0) is 12.8. The number of hydrogen-bond donors (Lipinski definition) is 2. The molecule has 0 atom stereocenters. The highest BCUT2D eigenvalue weighted by molar-refractivity contribution is 6.33. The second-order valence-electron chi connectivity index (χ2n) is 4.02. The van der Waals surface area contributed by atoms with Gasteiger partial charge in [-0.25, -0.2) is 0 Å². The van der Waals surface area contributed by atoms with Crippen LogP contribution in [-0.2, 0) is 11.3 Å². The number of halogens is 1. The van der Waals surface area contributed by atoms with Crippen LogP contribution in [0, 0.1) is 0 Å². The first-order valence-electron chi connectivity index (χ1n) is 5.46. The number of carbonyl (C=O) groups is 1. The quantitative estimate of drug-likeness (QED) is 0.784. The van der Waals surface area contributed by atoms with Gasteiger partial charge in [-0.1, -0.05) is 17.7 Å². The van der Waals surface area contributed by atoms with Crippen LogP contribution in [0.15, 0.2) is 18.2 Å². The van der Waals surface area contributed by atoms with E-state index >= 15 is 0 Å². The molecule has 1 aromatic carbocycles. The Bertz CT molecular complexity index is 395. The van der Waals surface area contributed by atoms with Crippen molar-refractivity contribution in [3.8, 4) is 0 Å². The summed E-state index contributed by atoms with van der Waals surface area (Å²) < 4.78 is 0. The lowest BCUT2D eigenvalue weighted by Crippen LogP contribution is -2.26. The van der Waals surface area contributed by atoms with Gasteiger partial charge in [0.1, 0.15) is 0 Å². The molecule has 94 valence electrons. The molecule has 1 amide bonds. The van der Waals surface area contributed by atoms with E-state index in [1.54, 1.807) is 13.1 Å². The molecule has 1 rings (SSSR count). The van der Waals surface area contributed by atoms with Gasteiger partial charge in [0.15, 0.2) is 0 Å². The number of nitrogens with zero attached hydrogens (tertiary/aromatic N) is 1. The van der Waals surface area contributed by atoms with Crippen LogP contribution in [0.5, 0.6) is 0 Å². The summed E-state index contributed by atoms with van der Waals surface area (Å²) in [5.41, 5.74) is 7.40. The lowest BCUT2D eigenvalue weighted by atomic mass is 10.2. The maximum absolute atomic E-state index is 11.1. The van der Waals surface area contributed by atoms with E-state index in [0.29, 0.717) is 23.7 Å². The predicted molar refractivity (Wildman–Crippen MR) is 70.9 cm³/mol. The van der Waals surface area contributed by atoms with E-state index in [2.05, 4.69) is 10.2 Å². The molecule has 0 unspecified atom stereocenters. The monoisotopic (exact) mass is 255 g/mol. The van der Waals surface area contributed by atoms with Gasteiger partial charge in [-0.2, -0.15) is 0 Å². The molecule has 0 aromatic heterocycles. The Balaban J connectivity index is 2.47. The molecule has 0 aliphatic rings. The predicted octanol–water partition coefficient (Wildman–Crippen LogP) is 1.49. The van der Waals surface area contributed by atoms with Crippen LogP contribution in [0.1, 0.15) is 12.0 Å². The van der Waals surface area contributed by atoms with Gasteiger partial charge in [0, 0.05) is 26.6 Å². The smallest absolute Gasteiger partial charge is 0.221 e.